The van der Waals surface area contributed by atoms with Crippen molar-refractivity contribution in [1.82, 2.24) is 20.8 Å². The minimum atomic E-state index is -0.739. The number of nitrogens with one attached hydrogen (secondary N) is 2. The number of carbonyl (C=O) groups excluding carboxylic acids is 2. The van der Waals surface area contributed by atoms with Gasteiger partial charge in [-0.05, 0) is 56.9 Å². The molecule has 0 radical (unpaired) electrons. The van der Waals surface area contributed by atoms with Gasteiger partial charge in [-0.15, -0.1) is 0 Å². The highest BCUT2D eigenvalue weighted by atomic mass is 16.5. The van der Waals surface area contributed by atoms with Crippen LogP contribution in [0.1, 0.15) is 30.9 Å². The van der Waals surface area contributed by atoms with Gasteiger partial charge in [0, 0.05) is 25.5 Å². The minimum Gasteiger partial charge on any atom is -0.481 e. The Bertz CT molecular complexity index is 859. The maximum absolute atomic E-state index is 12.5. The number of carbonyl (C=O) groups is 2. The summed E-state index contributed by atoms with van der Waals surface area (Å²) >= 11 is 0. The summed E-state index contributed by atoms with van der Waals surface area (Å²) in [6, 6.07) is 7.46. The van der Waals surface area contributed by atoms with Crippen LogP contribution in [-0.2, 0) is 9.59 Å². The fraction of sp³-hybridized carbons (Fsp3) is 0.429. The van der Waals surface area contributed by atoms with E-state index >= 15 is 0 Å². The lowest BCUT2D eigenvalue weighted by molar-refractivity contribution is -0.134. The Morgan fingerprint density at radius 1 is 1.17 bits per heavy atom. The van der Waals surface area contributed by atoms with Gasteiger partial charge in [0.25, 0.3) is 5.91 Å². The van der Waals surface area contributed by atoms with E-state index in [9.17, 15) is 9.59 Å². The molecule has 2 unspecified atom stereocenters. The lowest BCUT2D eigenvalue weighted by Gasteiger charge is -2.31. The van der Waals surface area contributed by atoms with Crippen LogP contribution in [0.15, 0.2) is 36.7 Å². The molecule has 0 bridgehead atoms. The van der Waals surface area contributed by atoms with Crippen molar-refractivity contribution in [2.24, 2.45) is 5.92 Å². The number of benzene rings is 1. The summed E-state index contributed by atoms with van der Waals surface area (Å²) in [4.78, 5) is 35.3. The molecule has 8 nitrogen and oxygen atoms in total. The third-order valence-corrected chi connectivity index (χ3v) is 5.16. The minimum absolute atomic E-state index is 0.224. The highest BCUT2D eigenvalue weighted by molar-refractivity contribution is 5.85. The zero-order valence-corrected chi connectivity index (χ0v) is 17.0. The number of anilines is 1. The average molecular weight is 397 g/mol. The quantitative estimate of drug-likeness (QED) is 0.749. The molecular weight excluding hydrogens is 370 g/mol. The van der Waals surface area contributed by atoms with E-state index in [2.05, 4.69) is 20.8 Å². The monoisotopic (exact) mass is 397 g/mol. The maximum atomic E-state index is 12.5. The summed E-state index contributed by atoms with van der Waals surface area (Å²) in [5.41, 5.74) is 7.08. The van der Waals surface area contributed by atoms with Crippen LogP contribution < -0.4 is 20.5 Å². The van der Waals surface area contributed by atoms with Crippen molar-refractivity contribution in [2.45, 2.75) is 39.7 Å². The van der Waals surface area contributed by atoms with Crippen LogP contribution in [0.3, 0.4) is 0 Å². The largest absolute Gasteiger partial charge is 0.481 e. The van der Waals surface area contributed by atoms with Gasteiger partial charge in [0.05, 0.1) is 5.92 Å². The second kappa shape index (κ2) is 9.36. The predicted octanol–water partition coefficient (Wildman–Crippen LogP) is 1.92. The van der Waals surface area contributed by atoms with Gasteiger partial charge in [-0.1, -0.05) is 12.1 Å². The van der Waals surface area contributed by atoms with Crippen LogP contribution >= 0.6 is 0 Å². The SMILES string of the molecule is Cc1cccc(OC(C)C(=O)NNC(=O)C2CCCN(c3ncccn3)C2)c1C. The zero-order chi connectivity index (χ0) is 20.8. The van der Waals surface area contributed by atoms with Gasteiger partial charge >= 0.3 is 0 Å². The summed E-state index contributed by atoms with van der Waals surface area (Å²) in [5, 5.41) is 0. The lowest BCUT2D eigenvalue weighted by Crippen LogP contribution is -2.51. The standard InChI is InChI=1S/C21H27N5O3/c1-14-7-4-9-18(15(14)2)29-16(3)19(27)24-25-20(28)17-8-5-12-26(13-17)21-22-10-6-11-23-21/h4,6-7,9-11,16-17H,5,8,12-13H2,1-3H3,(H,24,27)(H,25,28). The fourth-order valence-electron chi connectivity index (χ4n) is 3.25. The second-order valence-corrected chi connectivity index (χ2v) is 7.27. The van der Waals surface area contributed by atoms with Gasteiger partial charge < -0.3 is 9.64 Å². The van der Waals surface area contributed by atoms with Crippen LogP contribution in [0, 0.1) is 19.8 Å². The summed E-state index contributed by atoms with van der Waals surface area (Å²) in [6.45, 7) is 6.91. The maximum Gasteiger partial charge on any atom is 0.279 e. The topological polar surface area (TPSA) is 96.5 Å². The van der Waals surface area contributed by atoms with Crippen molar-refractivity contribution >= 4 is 17.8 Å². The molecule has 29 heavy (non-hydrogen) atoms. The molecule has 1 aromatic carbocycles. The Kier molecular flexibility index (Phi) is 6.64. The molecule has 0 aliphatic carbocycles. The number of aryl methyl sites for hydroxylation is 1. The first-order valence-electron chi connectivity index (χ1n) is 9.80. The number of piperidine rings is 1. The molecule has 2 aromatic rings. The second-order valence-electron chi connectivity index (χ2n) is 7.27. The van der Waals surface area contributed by atoms with Crippen molar-refractivity contribution in [3.05, 3.63) is 47.8 Å². The Morgan fingerprint density at radius 3 is 2.69 bits per heavy atom. The van der Waals surface area contributed by atoms with E-state index in [-0.39, 0.29) is 11.8 Å². The average Bonchev–Trinajstić information content (AvgIpc) is 2.75. The molecule has 1 fully saturated rings. The number of hydrazine groups is 1. The molecule has 1 saturated heterocycles. The number of hydrogen-bond donors (Lipinski definition) is 2. The van der Waals surface area contributed by atoms with Gasteiger partial charge in [0.1, 0.15) is 5.75 Å². The molecule has 0 spiro atoms. The lowest BCUT2D eigenvalue weighted by atomic mass is 9.98. The molecule has 154 valence electrons. The molecule has 2 atom stereocenters. The van der Waals surface area contributed by atoms with Gasteiger partial charge in [0.2, 0.25) is 11.9 Å². The van der Waals surface area contributed by atoms with Crippen molar-refractivity contribution < 1.29 is 14.3 Å². The molecule has 8 heteroatoms. The smallest absolute Gasteiger partial charge is 0.279 e. The molecule has 1 aromatic heterocycles. The summed E-state index contributed by atoms with van der Waals surface area (Å²) in [7, 11) is 0. The van der Waals surface area contributed by atoms with E-state index in [0.29, 0.717) is 18.2 Å². The number of amides is 2. The van der Waals surface area contributed by atoms with Crippen LogP contribution in [0.25, 0.3) is 0 Å². The summed E-state index contributed by atoms with van der Waals surface area (Å²) < 4.78 is 5.75. The van der Waals surface area contributed by atoms with Crippen LogP contribution in [0.2, 0.25) is 0 Å². The number of aromatic nitrogens is 2. The van der Waals surface area contributed by atoms with E-state index in [1.54, 1.807) is 25.4 Å². The van der Waals surface area contributed by atoms with E-state index in [1.165, 1.54) is 0 Å². The Morgan fingerprint density at radius 2 is 1.93 bits per heavy atom. The molecule has 1 aliphatic rings. The Balaban J connectivity index is 1.50. The molecule has 2 amide bonds. The zero-order valence-electron chi connectivity index (χ0n) is 17.0. The Labute approximate surface area is 170 Å². The third kappa shape index (κ3) is 5.22. The van der Waals surface area contributed by atoms with Crippen molar-refractivity contribution in [1.29, 1.82) is 0 Å². The van der Waals surface area contributed by atoms with Gasteiger partial charge in [0.15, 0.2) is 6.10 Å². The highest BCUT2D eigenvalue weighted by Crippen LogP contribution is 2.22. The fourth-order valence-corrected chi connectivity index (χ4v) is 3.25. The van der Waals surface area contributed by atoms with Gasteiger partial charge in [-0.25, -0.2) is 9.97 Å². The normalized spacial score (nSPS) is 17.3. The molecule has 0 saturated carbocycles. The van der Waals surface area contributed by atoms with Crippen LogP contribution in [-0.4, -0.2) is 41.0 Å². The predicted molar refractivity (Wildman–Crippen MR) is 109 cm³/mol. The van der Waals surface area contributed by atoms with Crippen molar-refractivity contribution in [3.8, 4) is 5.75 Å². The first kappa shape index (κ1) is 20.6. The van der Waals surface area contributed by atoms with Crippen LogP contribution in [0.5, 0.6) is 5.75 Å². The van der Waals surface area contributed by atoms with Crippen molar-refractivity contribution in [2.75, 3.05) is 18.0 Å². The van der Waals surface area contributed by atoms with Crippen molar-refractivity contribution in [3.63, 3.8) is 0 Å². The first-order chi connectivity index (χ1) is 14.0. The number of rotatable bonds is 5. The molecule has 3 rings (SSSR count). The highest BCUT2D eigenvalue weighted by Gasteiger charge is 2.27. The van der Waals surface area contributed by atoms with E-state index in [0.717, 1.165) is 30.5 Å². The van der Waals surface area contributed by atoms with Gasteiger partial charge in [-0.3, -0.25) is 20.4 Å². The van der Waals surface area contributed by atoms with Gasteiger partial charge in [-0.2, -0.15) is 0 Å². The van der Waals surface area contributed by atoms with E-state index < -0.39 is 12.0 Å². The molecule has 1 aliphatic heterocycles. The number of ether oxygens (including phenoxy) is 1. The van der Waals surface area contributed by atoms with Crippen LogP contribution in [0.4, 0.5) is 5.95 Å². The van der Waals surface area contributed by atoms with E-state index in [4.69, 9.17) is 4.74 Å². The Hall–Kier alpha value is -3.16. The number of nitrogens with zero attached hydrogens (tertiary/aromatic N) is 3. The molecule has 2 N–H and O–H groups in total. The first-order valence-corrected chi connectivity index (χ1v) is 9.80. The molecule has 2 heterocycles. The molecular formula is C21H27N5O3. The van der Waals surface area contributed by atoms with E-state index in [1.807, 2.05) is 36.9 Å². The third-order valence-electron chi connectivity index (χ3n) is 5.16. The number of hydrogen-bond acceptors (Lipinski definition) is 6. The summed E-state index contributed by atoms with van der Waals surface area (Å²) in [6.07, 6.45) is 4.24. The summed E-state index contributed by atoms with van der Waals surface area (Å²) in [5.74, 6) is 0.397.